The molecule has 2 heterocycles. The summed E-state index contributed by atoms with van der Waals surface area (Å²) in [5.41, 5.74) is 0. The molecule has 1 aromatic heterocycles. The Labute approximate surface area is 150 Å². The van der Waals surface area contributed by atoms with Crippen LogP contribution in [0.4, 0.5) is 0 Å². The van der Waals surface area contributed by atoms with Crippen molar-refractivity contribution in [1.29, 1.82) is 0 Å². The highest BCUT2D eigenvalue weighted by Gasteiger charge is 2.28. The lowest BCUT2D eigenvalue weighted by Gasteiger charge is -2.31. The van der Waals surface area contributed by atoms with E-state index in [1.54, 1.807) is 16.1 Å². The second kappa shape index (κ2) is 9.04. The Morgan fingerprint density at radius 2 is 2.04 bits per heavy atom. The number of hydrogen-bond acceptors (Lipinski definition) is 4. The molecule has 1 saturated heterocycles. The fourth-order valence-electron chi connectivity index (χ4n) is 2.97. The van der Waals surface area contributed by atoms with Crippen LogP contribution in [0.1, 0.15) is 46.3 Å². The molecular weight excluding hydrogens is 320 g/mol. The van der Waals surface area contributed by atoms with E-state index < -0.39 is 0 Å². The Kier molecular flexibility index (Phi) is 7.05. The molecule has 0 bridgehead atoms. The predicted octanol–water partition coefficient (Wildman–Crippen LogP) is 2.68. The summed E-state index contributed by atoms with van der Waals surface area (Å²) in [5.74, 6) is 0.525. The molecule has 0 aromatic carbocycles. The lowest BCUT2D eigenvalue weighted by atomic mass is 10.1. The van der Waals surface area contributed by atoms with Crippen LogP contribution in [0.3, 0.4) is 0 Å². The molecule has 0 saturated carbocycles. The lowest BCUT2D eigenvalue weighted by molar-refractivity contribution is -0.145. The zero-order valence-corrected chi connectivity index (χ0v) is 15.7. The minimum absolute atomic E-state index is 0.00147. The molecule has 0 spiro atoms. The topological polar surface area (TPSA) is 63.0 Å². The molecule has 1 aliphatic heterocycles. The SMILES string of the molecule is CC(C)C(=O)N(CC(=O)N(Cc1ccco1)CC1CCCO1)C(C)C. The van der Waals surface area contributed by atoms with E-state index >= 15 is 0 Å². The first-order valence-electron chi connectivity index (χ1n) is 9.10. The average molecular weight is 350 g/mol. The van der Waals surface area contributed by atoms with Crippen LogP contribution in [0.5, 0.6) is 0 Å². The fraction of sp³-hybridized carbons (Fsp3) is 0.684. The van der Waals surface area contributed by atoms with Crippen molar-refractivity contribution in [1.82, 2.24) is 9.80 Å². The van der Waals surface area contributed by atoms with E-state index in [2.05, 4.69) is 0 Å². The number of rotatable bonds is 8. The van der Waals surface area contributed by atoms with Crippen LogP contribution in [0, 0.1) is 5.92 Å². The summed E-state index contributed by atoms with van der Waals surface area (Å²) in [6.07, 6.45) is 3.65. The van der Waals surface area contributed by atoms with Gasteiger partial charge in [-0.3, -0.25) is 9.59 Å². The Balaban J connectivity index is 2.07. The van der Waals surface area contributed by atoms with Gasteiger partial charge in [-0.15, -0.1) is 0 Å². The Morgan fingerprint density at radius 3 is 2.56 bits per heavy atom. The Morgan fingerprint density at radius 1 is 1.28 bits per heavy atom. The van der Waals surface area contributed by atoms with Crippen LogP contribution in [0.15, 0.2) is 22.8 Å². The molecule has 140 valence electrons. The fourth-order valence-corrected chi connectivity index (χ4v) is 2.97. The Hall–Kier alpha value is -1.82. The highest BCUT2D eigenvalue weighted by molar-refractivity contribution is 5.85. The van der Waals surface area contributed by atoms with Gasteiger partial charge in [-0.1, -0.05) is 13.8 Å². The smallest absolute Gasteiger partial charge is 0.242 e. The Bertz CT molecular complexity index is 548. The van der Waals surface area contributed by atoms with Gasteiger partial charge in [0.15, 0.2) is 0 Å². The summed E-state index contributed by atoms with van der Waals surface area (Å²) in [7, 11) is 0. The number of carbonyl (C=O) groups excluding carboxylic acids is 2. The second-order valence-corrected chi connectivity index (χ2v) is 7.20. The van der Waals surface area contributed by atoms with Gasteiger partial charge in [-0.05, 0) is 38.8 Å². The van der Waals surface area contributed by atoms with Gasteiger partial charge in [0, 0.05) is 25.1 Å². The third-order valence-corrected chi connectivity index (χ3v) is 4.43. The maximum Gasteiger partial charge on any atom is 0.242 e. The first-order valence-corrected chi connectivity index (χ1v) is 9.10. The standard InChI is InChI=1S/C19H30N2O4/c1-14(2)19(23)21(15(3)4)13-18(22)20(11-16-7-5-9-24-16)12-17-8-6-10-25-17/h5,7,9,14-15,17H,6,8,10-13H2,1-4H3. The number of ether oxygens (including phenoxy) is 1. The van der Waals surface area contributed by atoms with E-state index in [-0.39, 0.29) is 36.4 Å². The largest absolute Gasteiger partial charge is 0.467 e. The minimum atomic E-state index is -0.133. The van der Waals surface area contributed by atoms with Gasteiger partial charge in [0.1, 0.15) is 5.76 Å². The number of hydrogen-bond donors (Lipinski definition) is 0. The van der Waals surface area contributed by atoms with Crippen LogP contribution in [0.25, 0.3) is 0 Å². The van der Waals surface area contributed by atoms with Crippen LogP contribution >= 0.6 is 0 Å². The molecule has 0 radical (unpaired) electrons. The van der Waals surface area contributed by atoms with Crippen molar-refractivity contribution < 1.29 is 18.7 Å². The predicted molar refractivity (Wildman–Crippen MR) is 94.8 cm³/mol. The molecule has 1 unspecified atom stereocenters. The van der Waals surface area contributed by atoms with Crippen molar-refractivity contribution in [2.45, 2.75) is 59.2 Å². The molecule has 0 N–H and O–H groups in total. The van der Waals surface area contributed by atoms with E-state index in [1.165, 1.54) is 0 Å². The zero-order chi connectivity index (χ0) is 18.4. The summed E-state index contributed by atoms with van der Waals surface area (Å²) in [4.78, 5) is 28.7. The second-order valence-electron chi connectivity index (χ2n) is 7.20. The van der Waals surface area contributed by atoms with Crippen molar-refractivity contribution in [3.63, 3.8) is 0 Å². The van der Waals surface area contributed by atoms with E-state index in [0.717, 1.165) is 25.2 Å². The summed E-state index contributed by atoms with van der Waals surface area (Å²) >= 11 is 0. The molecule has 1 aliphatic rings. The summed E-state index contributed by atoms with van der Waals surface area (Å²) in [6, 6.07) is 3.65. The zero-order valence-electron chi connectivity index (χ0n) is 15.7. The molecule has 2 rings (SSSR count). The van der Waals surface area contributed by atoms with Crippen molar-refractivity contribution >= 4 is 11.8 Å². The number of nitrogens with zero attached hydrogens (tertiary/aromatic N) is 2. The van der Waals surface area contributed by atoms with E-state index in [4.69, 9.17) is 9.15 Å². The van der Waals surface area contributed by atoms with Crippen molar-refractivity contribution in [2.24, 2.45) is 5.92 Å². The molecule has 1 aromatic rings. The number of amides is 2. The van der Waals surface area contributed by atoms with Crippen LogP contribution in [0.2, 0.25) is 0 Å². The number of furan rings is 1. The summed E-state index contributed by atoms with van der Waals surface area (Å²) in [5, 5.41) is 0. The summed E-state index contributed by atoms with van der Waals surface area (Å²) < 4.78 is 11.1. The monoisotopic (exact) mass is 350 g/mol. The average Bonchev–Trinajstić information content (AvgIpc) is 3.24. The third-order valence-electron chi connectivity index (χ3n) is 4.43. The lowest BCUT2D eigenvalue weighted by Crippen LogP contribution is -2.48. The number of carbonyl (C=O) groups is 2. The van der Waals surface area contributed by atoms with E-state index in [9.17, 15) is 9.59 Å². The van der Waals surface area contributed by atoms with E-state index in [1.807, 2.05) is 39.8 Å². The molecular formula is C19H30N2O4. The highest BCUT2D eigenvalue weighted by atomic mass is 16.5. The highest BCUT2D eigenvalue weighted by Crippen LogP contribution is 2.16. The van der Waals surface area contributed by atoms with Gasteiger partial charge in [0.25, 0.3) is 0 Å². The van der Waals surface area contributed by atoms with E-state index in [0.29, 0.717) is 13.1 Å². The normalized spacial score (nSPS) is 17.3. The maximum absolute atomic E-state index is 12.9. The van der Waals surface area contributed by atoms with Crippen molar-refractivity contribution in [2.75, 3.05) is 19.7 Å². The third kappa shape index (κ3) is 5.59. The van der Waals surface area contributed by atoms with Crippen LogP contribution in [-0.2, 0) is 20.9 Å². The quantitative estimate of drug-likeness (QED) is 0.723. The van der Waals surface area contributed by atoms with Crippen molar-refractivity contribution in [3.8, 4) is 0 Å². The maximum atomic E-state index is 12.9. The molecule has 25 heavy (non-hydrogen) atoms. The van der Waals surface area contributed by atoms with Crippen LogP contribution in [-0.4, -0.2) is 53.5 Å². The van der Waals surface area contributed by atoms with Crippen LogP contribution < -0.4 is 0 Å². The van der Waals surface area contributed by atoms with Gasteiger partial charge in [-0.25, -0.2) is 0 Å². The first-order chi connectivity index (χ1) is 11.9. The molecule has 2 amide bonds. The van der Waals surface area contributed by atoms with Gasteiger partial charge in [0.05, 0.1) is 25.5 Å². The molecule has 1 fully saturated rings. The molecule has 1 atom stereocenters. The first kappa shape index (κ1) is 19.5. The van der Waals surface area contributed by atoms with Gasteiger partial charge in [0.2, 0.25) is 11.8 Å². The van der Waals surface area contributed by atoms with Gasteiger partial charge in [-0.2, -0.15) is 0 Å². The molecule has 0 aliphatic carbocycles. The minimum Gasteiger partial charge on any atom is -0.467 e. The summed E-state index contributed by atoms with van der Waals surface area (Å²) in [6.45, 7) is 9.34. The van der Waals surface area contributed by atoms with Crippen molar-refractivity contribution in [3.05, 3.63) is 24.2 Å². The molecule has 6 nitrogen and oxygen atoms in total. The molecule has 6 heteroatoms. The van der Waals surface area contributed by atoms with Gasteiger partial charge >= 0.3 is 0 Å². The van der Waals surface area contributed by atoms with Gasteiger partial charge < -0.3 is 19.0 Å².